The molecule has 0 atom stereocenters. The lowest BCUT2D eigenvalue weighted by Gasteiger charge is -2.14. The van der Waals surface area contributed by atoms with E-state index < -0.39 is 0 Å². The second-order valence-corrected chi connectivity index (χ2v) is 6.20. The first kappa shape index (κ1) is 16.3. The highest BCUT2D eigenvalue weighted by Gasteiger charge is 2.11. The second-order valence-electron chi connectivity index (χ2n) is 4.72. The van der Waals surface area contributed by atoms with Gasteiger partial charge in [-0.05, 0) is 32.0 Å². The fraction of sp³-hybridized carbons (Fsp3) is 0.312. The Morgan fingerprint density at radius 1 is 1.24 bits per heavy atom. The Bertz CT molecular complexity index is 644. The SMILES string of the molecule is COc1c(C)cnc(COc2ccc(Br)cc2CBr)c1C. The number of nitrogens with zero attached hydrogens (tertiary/aromatic N) is 1. The molecular weight excluding hydrogens is 398 g/mol. The Hall–Kier alpha value is -1.07. The average Bonchev–Trinajstić information content (AvgIpc) is 2.48. The monoisotopic (exact) mass is 413 g/mol. The molecule has 0 saturated heterocycles. The summed E-state index contributed by atoms with van der Waals surface area (Å²) >= 11 is 6.95. The number of aryl methyl sites for hydroxylation is 1. The smallest absolute Gasteiger partial charge is 0.131 e. The van der Waals surface area contributed by atoms with Gasteiger partial charge in [0.15, 0.2) is 0 Å². The quantitative estimate of drug-likeness (QED) is 0.649. The molecule has 1 heterocycles. The number of rotatable bonds is 5. The predicted octanol–water partition coefficient (Wildman–Crippen LogP) is 4.94. The molecule has 0 bridgehead atoms. The lowest BCUT2D eigenvalue weighted by molar-refractivity contribution is 0.296. The van der Waals surface area contributed by atoms with Gasteiger partial charge < -0.3 is 9.47 Å². The zero-order valence-electron chi connectivity index (χ0n) is 12.2. The largest absolute Gasteiger partial charge is 0.496 e. The van der Waals surface area contributed by atoms with Crippen LogP contribution in [0.3, 0.4) is 0 Å². The first-order valence-corrected chi connectivity index (χ1v) is 8.44. The molecule has 0 spiro atoms. The third kappa shape index (κ3) is 3.77. The van der Waals surface area contributed by atoms with Crippen molar-refractivity contribution in [2.75, 3.05) is 7.11 Å². The molecule has 2 rings (SSSR count). The van der Waals surface area contributed by atoms with Crippen LogP contribution in [0.25, 0.3) is 0 Å². The first-order valence-electron chi connectivity index (χ1n) is 6.53. The van der Waals surface area contributed by atoms with Crippen LogP contribution in [-0.4, -0.2) is 12.1 Å². The molecule has 5 heteroatoms. The molecule has 112 valence electrons. The van der Waals surface area contributed by atoms with Gasteiger partial charge in [0.1, 0.15) is 18.1 Å². The van der Waals surface area contributed by atoms with Gasteiger partial charge in [-0.1, -0.05) is 31.9 Å². The molecule has 0 aliphatic heterocycles. The zero-order chi connectivity index (χ0) is 15.4. The Kier molecular flexibility index (Phi) is 5.65. The maximum atomic E-state index is 5.92. The molecule has 0 saturated carbocycles. The van der Waals surface area contributed by atoms with Gasteiger partial charge >= 0.3 is 0 Å². The lowest BCUT2D eigenvalue weighted by Crippen LogP contribution is -2.05. The molecule has 0 amide bonds. The molecular formula is C16H17Br2NO2. The van der Waals surface area contributed by atoms with Crippen LogP contribution in [0.4, 0.5) is 0 Å². The van der Waals surface area contributed by atoms with Crippen LogP contribution in [0, 0.1) is 13.8 Å². The summed E-state index contributed by atoms with van der Waals surface area (Å²) in [6.45, 7) is 4.41. The number of hydrogen-bond donors (Lipinski definition) is 0. The van der Waals surface area contributed by atoms with Crippen molar-refractivity contribution in [1.29, 1.82) is 0 Å². The summed E-state index contributed by atoms with van der Waals surface area (Å²) in [7, 11) is 1.68. The number of aromatic nitrogens is 1. The van der Waals surface area contributed by atoms with Crippen molar-refractivity contribution in [3.05, 3.63) is 51.3 Å². The van der Waals surface area contributed by atoms with E-state index in [4.69, 9.17) is 9.47 Å². The minimum absolute atomic E-state index is 0.421. The zero-order valence-corrected chi connectivity index (χ0v) is 15.4. The number of ether oxygens (including phenoxy) is 2. The summed E-state index contributed by atoms with van der Waals surface area (Å²) in [6, 6.07) is 5.97. The van der Waals surface area contributed by atoms with E-state index in [2.05, 4.69) is 36.8 Å². The van der Waals surface area contributed by atoms with Crippen molar-refractivity contribution in [1.82, 2.24) is 4.98 Å². The fourth-order valence-corrected chi connectivity index (χ4v) is 3.00. The van der Waals surface area contributed by atoms with Gasteiger partial charge in [0.25, 0.3) is 0 Å². The van der Waals surface area contributed by atoms with Crippen LogP contribution in [0.1, 0.15) is 22.4 Å². The number of alkyl halides is 1. The molecule has 0 fully saturated rings. The molecule has 0 N–H and O–H groups in total. The molecule has 0 radical (unpaired) electrons. The minimum atomic E-state index is 0.421. The first-order chi connectivity index (χ1) is 10.1. The van der Waals surface area contributed by atoms with E-state index in [1.807, 2.05) is 38.2 Å². The third-order valence-electron chi connectivity index (χ3n) is 3.28. The van der Waals surface area contributed by atoms with Crippen molar-refractivity contribution >= 4 is 31.9 Å². The normalized spacial score (nSPS) is 10.5. The summed E-state index contributed by atoms with van der Waals surface area (Å²) in [5, 5.41) is 0.741. The van der Waals surface area contributed by atoms with E-state index in [1.165, 1.54) is 0 Å². The molecule has 1 aromatic heterocycles. The fourth-order valence-electron chi connectivity index (χ4n) is 2.16. The minimum Gasteiger partial charge on any atom is -0.496 e. The predicted molar refractivity (Wildman–Crippen MR) is 91.4 cm³/mol. The molecule has 2 aromatic rings. The van der Waals surface area contributed by atoms with Crippen LogP contribution in [0.15, 0.2) is 28.9 Å². The number of pyridine rings is 1. The van der Waals surface area contributed by atoms with Crippen molar-refractivity contribution in [3.8, 4) is 11.5 Å². The van der Waals surface area contributed by atoms with Crippen molar-refractivity contribution in [2.24, 2.45) is 0 Å². The van der Waals surface area contributed by atoms with E-state index in [0.29, 0.717) is 6.61 Å². The van der Waals surface area contributed by atoms with Gasteiger partial charge in [0.2, 0.25) is 0 Å². The topological polar surface area (TPSA) is 31.4 Å². The van der Waals surface area contributed by atoms with Crippen LogP contribution < -0.4 is 9.47 Å². The van der Waals surface area contributed by atoms with Gasteiger partial charge in [-0.2, -0.15) is 0 Å². The van der Waals surface area contributed by atoms with E-state index in [-0.39, 0.29) is 0 Å². The van der Waals surface area contributed by atoms with Gasteiger partial charge in [-0.15, -0.1) is 0 Å². The van der Waals surface area contributed by atoms with E-state index in [9.17, 15) is 0 Å². The number of halogens is 2. The van der Waals surface area contributed by atoms with Crippen molar-refractivity contribution < 1.29 is 9.47 Å². The Labute approximate surface area is 141 Å². The standard InChI is InChI=1S/C16H17Br2NO2/c1-10-8-19-14(11(2)16(10)20-3)9-21-15-5-4-13(18)6-12(15)7-17/h4-6,8H,7,9H2,1-3H3. The van der Waals surface area contributed by atoms with E-state index in [0.717, 1.165) is 43.7 Å². The van der Waals surface area contributed by atoms with Crippen LogP contribution in [0.2, 0.25) is 0 Å². The summed E-state index contributed by atoms with van der Waals surface area (Å²) in [5.41, 5.74) is 4.04. The highest BCUT2D eigenvalue weighted by Crippen LogP contribution is 2.28. The Morgan fingerprint density at radius 2 is 2.00 bits per heavy atom. The van der Waals surface area contributed by atoms with Gasteiger partial charge in [-0.25, -0.2) is 0 Å². The highest BCUT2D eigenvalue weighted by atomic mass is 79.9. The molecule has 3 nitrogen and oxygen atoms in total. The summed E-state index contributed by atoms with van der Waals surface area (Å²) in [5.74, 6) is 1.73. The van der Waals surface area contributed by atoms with E-state index >= 15 is 0 Å². The van der Waals surface area contributed by atoms with E-state index in [1.54, 1.807) is 7.11 Å². The lowest BCUT2D eigenvalue weighted by atomic mass is 10.1. The maximum Gasteiger partial charge on any atom is 0.131 e. The van der Waals surface area contributed by atoms with Crippen molar-refractivity contribution in [3.63, 3.8) is 0 Å². The molecule has 1 aromatic carbocycles. The summed E-state index contributed by atoms with van der Waals surface area (Å²) in [4.78, 5) is 4.45. The van der Waals surface area contributed by atoms with Gasteiger partial charge in [-0.3, -0.25) is 4.98 Å². The molecule has 0 aliphatic rings. The Balaban J connectivity index is 2.21. The van der Waals surface area contributed by atoms with Crippen LogP contribution in [0.5, 0.6) is 11.5 Å². The summed E-state index contributed by atoms with van der Waals surface area (Å²) in [6.07, 6.45) is 1.82. The van der Waals surface area contributed by atoms with Crippen molar-refractivity contribution in [2.45, 2.75) is 25.8 Å². The van der Waals surface area contributed by atoms with Gasteiger partial charge in [0.05, 0.1) is 12.8 Å². The Morgan fingerprint density at radius 3 is 2.67 bits per heavy atom. The summed E-state index contributed by atoms with van der Waals surface area (Å²) < 4.78 is 12.4. The van der Waals surface area contributed by atoms with Gasteiger partial charge in [0, 0.05) is 32.7 Å². The maximum absolute atomic E-state index is 5.92. The second kappa shape index (κ2) is 7.27. The average molecular weight is 415 g/mol. The number of hydrogen-bond acceptors (Lipinski definition) is 3. The number of methoxy groups -OCH3 is 1. The molecule has 0 aliphatic carbocycles. The third-order valence-corrected chi connectivity index (χ3v) is 4.38. The number of benzene rings is 1. The van der Waals surface area contributed by atoms with Crippen LogP contribution in [-0.2, 0) is 11.9 Å². The van der Waals surface area contributed by atoms with Crippen LogP contribution >= 0.6 is 31.9 Å². The highest BCUT2D eigenvalue weighted by molar-refractivity contribution is 9.10. The molecule has 21 heavy (non-hydrogen) atoms. The molecule has 0 unspecified atom stereocenters.